The summed E-state index contributed by atoms with van der Waals surface area (Å²) in [6.45, 7) is 2.78. The van der Waals surface area contributed by atoms with Crippen molar-refractivity contribution in [2.45, 2.75) is 6.92 Å². The largest absolute Gasteiger partial charge is 0.362 e. The molecule has 0 bridgehead atoms. The van der Waals surface area contributed by atoms with E-state index < -0.39 is 0 Å². The van der Waals surface area contributed by atoms with E-state index in [9.17, 15) is 0 Å². The second kappa shape index (κ2) is 6.10. The van der Waals surface area contributed by atoms with Crippen LogP contribution in [0.1, 0.15) is 11.8 Å². The van der Waals surface area contributed by atoms with Gasteiger partial charge in [-0.3, -0.25) is 5.43 Å². The summed E-state index contributed by atoms with van der Waals surface area (Å²) >= 11 is 9.91. The molecule has 1 rings (SSSR count). The lowest BCUT2D eigenvalue weighted by atomic mass is 10.5. The highest BCUT2D eigenvalue weighted by Gasteiger charge is 1.93. The molecular weight excluding hydrogens is 282 g/mol. The molecule has 0 spiro atoms. The molecule has 0 atom stereocenters. The highest BCUT2D eigenvalue weighted by molar-refractivity contribution is 9.10. The van der Waals surface area contributed by atoms with E-state index >= 15 is 0 Å². The lowest BCUT2D eigenvalue weighted by molar-refractivity contribution is 0.904. The third-order valence-electron chi connectivity index (χ3n) is 1.28. The Morgan fingerprint density at radius 1 is 1.79 bits per heavy atom. The second-order valence-corrected chi connectivity index (χ2v) is 4.66. The van der Waals surface area contributed by atoms with Crippen LogP contribution in [0.4, 0.5) is 0 Å². The number of thiocarbonyl (C=S) groups is 1. The van der Waals surface area contributed by atoms with Crippen LogP contribution in [0.25, 0.3) is 0 Å². The molecule has 0 fully saturated rings. The van der Waals surface area contributed by atoms with Crippen LogP contribution in [0.5, 0.6) is 0 Å². The minimum absolute atomic E-state index is 0.541. The summed E-state index contributed by atoms with van der Waals surface area (Å²) in [5, 5.41) is 9.47. The summed E-state index contributed by atoms with van der Waals surface area (Å²) in [4.78, 5) is 1.07. The molecule has 6 heteroatoms. The molecule has 0 aliphatic heterocycles. The molecule has 1 heterocycles. The van der Waals surface area contributed by atoms with Crippen LogP contribution in [0.15, 0.2) is 21.0 Å². The molecule has 1 aromatic rings. The molecule has 2 N–H and O–H groups in total. The van der Waals surface area contributed by atoms with Gasteiger partial charge < -0.3 is 5.32 Å². The topological polar surface area (TPSA) is 36.4 Å². The Balaban J connectivity index is 2.37. The molecule has 1 aromatic heterocycles. The monoisotopic (exact) mass is 291 g/mol. The normalized spacial score (nSPS) is 10.4. The number of hydrogen-bond acceptors (Lipinski definition) is 3. The molecule has 0 aromatic carbocycles. The van der Waals surface area contributed by atoms with Gasteiger partial charge in [-0.1, -0.05) is 0 Å². The van der Waals surface area contributed by atoms with Gasteiger partial charge in [0.2, 0.25) is 0 Å². The molecular formula is C8H10BrN3S2. The predicted octanol–water partition coefficient (Wildman–Crippen LogP) is 2.33. The van der Waals surface area contributed by atoms with E-state index in [-0.39, 0.29) is 0 Å². The van der Waals surface area contributed by atoms with Gasteiger partial charge in [0.25, 0.3) is 0 Å². The maximum absolute atomic E-state index is 4.93. The van der Waals surface area contributed by atoms with Gasteiger partial charge in [0.1, 0.15) is 0 Å². The Labute approximate surface area is 101 Å². The molecule has 0 amide bonds. The van der Waals surface area contributed by atoms with E-state index in [2.05, 4.69) is 31.8 Å². The third kappa shape index (κ3) is 4.17. The van der Waals surface area contributed by atoms with Crippen LogP contribution in [-0.4, -0.2) is 17.9 Å². The molecule has 0 unspecified atom stereocenters. The van der Waals surface area contributed by atoms with E-state index in [4.69, 9.17) is 12.2 Å². The van der Waals surface area contributed by atoms with E-state index in [1.807, 2.05) is 18.4 Å². The molecule has 0 aliphatic carbocycles. The van der Waals surface area contributed by atoms with Crippen molar-refractivity contribution in [3.05, 3.63) is 20.8 Å². The summed E-state index contributed by atoms with van der Waals surface area (Å²) in [5.41, 5.74) is 2.72. The maximum Gasteiger partial charge on any atom is 0.186 e. The van der Waals surface area contributed by atoms with Crippen molar-refractivity contribution in [3.8, 4) is 0 Å². The highest BCUT2D eigenvalue weighted by atomic mass is 79.9. The van der Waals surface area contributed by atoms with Crippen LogP contribution >= 0.6 is 39.5 Å². The SMILES string of the molecule is CCNC(=S)N/N=C\c1cc(Br)cs1. The van der Waals surface area contributed by atoms with Crippen LogP contribution in [0.3, 0.4) is 0 Å². The average molecular weight is 292 g/mol. The first-order chi connectivity index (χ1) is 6.72. The van der Waals surface area contributed by atoms with Crippen molar-refractivity contribution in [1.82, 2.24) is 10.7 Å². The minimum atomic E-state index is 0.541. The number of hydrogen-bond donors (Lipinski definition) is 2. The fourth-order valence-corrected chi connectivity index (χ4v) is 2.25. The van der Waals surface area contributed by atoms with Gasteiger partial charge in [-0.05, 0) is 41.1 Å². The molecule has 0 saturated carbocycles. The van der Waals surface area contributed by atoms with E-state index in [0.717, 1.165) is 15.9 Å². The standard InChI is InChI=1S/C8H10BrN3S2/c1-2-10-8(13)12-11-4-7-3-6(9)5-14-7/h3-5H,2H2,1H3,(H2,10,12,13)/b11-4-. The van der Waals surface area contributed by atoms with Crippen molar-refractivity contribution in [1.29, 1.82) is 0 Å². The Morgan fingerprint density at radius 3 is 3.14 bits per heavy atom. The van der Waals surface area contributed by atoms with Gasteiger partial charge in [-0.15, -0.1) is 11.3 Å². The fraction of sp³-hybridized carbons (Fsp3) is 0.250. The lowest BCUT2D eigenvalue weighted by Crippen LogP contribution is -2.31. The minimum Gasteiger partial charge on any atom is -0.362 e. The number of thiophene rings is 1. The number of nitrogens with zero attached hydrogens (tertiary/aromatic N) is 1. The summed E-state index contributed by atoms with van der Waals surface area (Å²) in [6.07, 6.45) is 1.74. The molecule has 0 aliphatic rings. The molecule has 14 heavy (non-hydrogen) atoms. The van der Waals surface area contributed by atoms with Gasteiger partial charge in [-0.2, -0.15) is 5.10 Å². The van der Waals surface area contributed by atoms with Crippen molar-refractivity contribution in [2.75, 3.05) is 6.54 Å². The molecule has 76 valence electrons. The number of hydrazone groups is 1. The maximum atomic E-state index is 4.93. The quantitative estimate of drug-likeness (QED) is 0.510. The molecule has 3 nitrogen and oxygen atoms in total. The third-order valence-corrected chi connectivity index (χ3v) is 3.15. The fourth-order valence-electron chi connectivity index (χ4n) is 0.751. The predicted molar refractivity (Wildman–Crippen MR) is 69.0 cm³/mol. The Kier molecular flexibility index (Phi) is 5.06. The second-order valence-electron chi connectivity index (χ2n) is 2.40. The summed E-state index contributed by atoms with van der Waals surface area (Å²) in [5.74, 6) is 0. The van der Waals surface area contributed by atoms with Crippen molar-refractivity contribution in [3.63, 3.8) is 0 Å². The summed E-state index contributed by atoms with van der Waals surface area (Å²) < 4.78 is 1.07. The van der Waals surface area contributed by atoms with Crippen molar-refractivity contribution in [2.24, 2.45) is 5.10 Å². The molecule has 0 saturated heterocycles. The van der Waals surface area contributed by atoms with Crippen LogP contribution < -0.4 is 10.7 Å². The number of nitrogens with one attached hydrogen (secondary N) is 2. The van der Waals surface area contributed by atoms with E-state index in [0.29, 0.717) is 5.11 Å². The highest BCUT2D eigenvalue weighted by Crippen LogP contribution is 2.17. The summed E-state index contributed by atoms with van der Waals surface area (Å²) in [6, 6.07) is 1.99. The first-order valence-electron chi connectivity index (χ1n) is 4.03. The lowest BCUT2D eigenvalue weighted by Gasteiger charge is -2.01. The van der Waals surface area contributed by atoms with Crippen LogP contribution in [0.2, 0.25) is 0 Å². The van der Waals surface area contributed by atoms with Crippen LogP contribution in [0, 0.1) is 0 Å². The van der Waals surface area contributed by atoms with Crippen molar-refractivity contribution < 1.29 is 0 Å². The van der Waals surface area contributed by atoms with E-state index in [1.165, 1.54) is 0 Å². The van der Waals surface area contributed by atoms with Gasteiger partial charge in [0.15, 0.2) is 5.11 Å². The average Bonchev–Trinajstić information content (AvgIpc) is 2.52. The van der Waals surface area contributed by atoms with Gasteiger partial charge >= 0.3 is 0 Å². The van der Waals surface area contributed by atoms with E-state index in [1.54, 1.807) is 17.6 Å². The number of rotatable bonds is 3. The van der Waals surface area contributed by atoms with Crippen LogP contribution in [-0.2, 0) is 0 Å². The molecule has 0 radical (unpaired) electrons. The Morgan fingerprint density at radius 2 is 2.57 bits per heavy atom. The van der Waals surface area contributed by atoms with Crippen molar-refractivity contribution >= 4 is 50.8 Å². The number of halogens is 1. The zero-order chi connectivity index (χ0) is 10.4. The first-order valence-corrected chi connectivity index (χ1v) is 6.11. The first kappa shape index (κ1) is 11.6. The van der Waals surface area contributed by atoms with Gasteiger partial charge in [0, 0.05) is 21.3 Å². The Hall–Kier alpha value is -0.460. The summed E-state index contributed by atoms with van der Waals surface area (Å²) in [7, 11) is 0. The van der Waals surface area contributed by atoms with Gasteiger partial charge in [0.05, 0.1) is 6.21 Å². The zero-order valence-electron chi connectivity index (χ0n) is 7.58. The Bertz CT molecular complexity index is 335. The van der Waals surface area contributed by atoms with Gasteiger partial charge in [-0.25, -0.2) is 0 Å². The zero-order valence-corrected chi connectivity index (χ0v) is 10.8. The smallest absolute Gasteiger partial charge is 0.186 e.